The molecule has 0 radical (unpaired) electrons. The van der Waals surface area contributed by atoms with Crippen molar-refractivity contribution < 1.29 is 0 Å². The molecule has 0 saturated heterocycles. The molecule has 156 valence electrons. The van der Waals surface area contributed by atoms with E-state index in [-0.39, 0.29) is 0 Å². The Hall–Kier alpha value is -2.58. The Balaban J connectivity index is 1.77. The van der Waals surface area contributed by atoms with Gasteiger partial charge in [0.2, 0.25) is 0 Å². The lowest BCUT2D eigenvalue weighted by molar-refractivity contribution is 0.302. The quantitative estimate of drug-likeness (QED) is 0.424. The molecule has 0 bridgehead atoms. The van der Waals surface area contributed by atoms with Crippen LogP contribution in [-0.4, -0.2) is 0 Å². The third kappa shape index (κ3) is 5.12. The minimum absolute atomic E-state index is 0.412. The van der Waals surface area contributed by atoms with Crippen molar-refractivity contribution in [1.29, 1.82) is 10.5 Å². The summed E-state index contributed by atoms with van der Waals surface area (Å²) in [5, 5.41) is 19.8. The molecule has 2 aromatic carbocycles. The van der Waals surface area contributed by atoms with Crippen LogP contribution in [0.2, 0.25) is 0 Å². The molecule has 1 aliphatic rings. The number of hydrogen-bond donors (Lipinski definition) is 0. The Morgan fingerprint density at radius 2 is 1.50 bits per heavy atom. The van der Waals surface area contributed by atoms with E-state index in [9.17, 15) is 10.5 Å². The Morgan fingerprint density at radius 3 is 2.10 bits per heavy atom. The summed E-state index contributed by atoms with van der Waals surface area (Å²) in [7, 11) is 0. The molecule has 3 rings (SSSR count). The van der Waals surface area contributed by atoms with Crippen LogP contribution in [0.25, 0.3) is 11.1 Å². The molecule has 1 fully saturated rings. The molecule has 0 N–H and O–H groups in total. The molecule has 0 spiro atoms. The van der Waals surface area contributed by atoms with Gasteiger partial charge in [0, 0.05) is 5.56 Å². The minimum atomic E-state index is 0.412. The summed E-state index contributed by atoms with van der Waals surface area (Å²) in [6.45, 7) is 4.40. The van der Waals surface area contributed by atoms with E-state index in [0.29, 0.717) is 17.0 Å². The zero-order chi connectivity index (χ0) is 21.3. The van der Waals surface area contributed by atoms with Crippen molar-refractivity contribution in [2.45, 2.75) is 84.0 Å². The average molecular weight is 399 g/mol. The van der Waals surface area contributed by atoms with Gasteiger partial charge >= 0.3 is 0 Å². The maximum Gasteiger partial charge on any atom is 0.101 e. The fourth-order valence-corrected chi connectivity index (χ4v) is 4.98. The van der Waals surface area contributed by atoms with Crippen LogP contribution in [0.3, 0.4) is 0 Å². The lowest BCUT2D eigenvalue weighted by Gasteiger charge is -2.29. The maximum atomic E-state index is 9.93. The van der Waals surface area contributed by atoms with E-state index in [1.54, 1.807) is 0 Å². The molecule has 0 heterocycles. The SMILES string of the molecule is CCCCCCC1CCC(c2ccc(-c3ccc(CC)cc3)c(C#N)c2C#N)CC1. The van der Waals surface area contributed by atoms with E-state index in [2.05, 4.69) is 62.4 Å². The molecule has 2 nitrogen and oxygen atoms in total. The van der Waals surface area contributed by atoms with Gasteiger partial charge in [-0.15, -0.1) is 0 Å². The number of unbranched alkanes of at least 4 members (excludes halogenated alkanes) is 3. The zero-order valence-electron chi connectivity index (χ0n) is 18.6. The molecule has 0 atom stereocenters. The first kappa shape index (κ1) is 22.1. The van der Waals surface area contributed by atoms with E-state index >= 15 is 0 Å². The topological polar surface area (TPSA) is 47.6 Å². The molecular formula is C28H34N2. The number of benzene rings is 2. The average Bonchev–Trinajstić information content (AvgIpc) is 2.81. The Labute approximate surface area is 182 Å². The second-order valence-corrected chi connectivity index (χ2v) is 8.79. The maximum absolute atomic E-state index is 9.93. The lowest BCUT2D eigenvalue weighted by Crippen LogP contribution is -2.15. The van der Waals surface area contributed by atoms with Gasteiger partial charge in [0.25, 0.3) is 0 Å². The fraction of sp³-hybridized carbons (Fsp3) is 0.500. The highest BCUT2D eigenvalue weighted by molar-refractivity contribution is 5.75. The molecule has 1 saturated carbocycles. The number of nitriles is 2. The van der Waals surface area contributed by atoms with Crippen LogP contribution >= 0.6 is 0 Å². The lowest BCUT2D eigenvalue weighted by atomic mass is 9.75. The molecule has 0 aliphatic heterocycles. The first-order chi connectivity index (χ1) is 14.7. The number of rotatable bonds is 8. The summed E-state index contributed by atoms with van der Waals surface area (Å²) < 4.78 is 0. The second kappa shape index (κ2) is 11.0. The molecule has 0 amide bonds. The Kier molecular flexibility index (Phi) is 8.10. The standard InChI is InChI=1S/C28H34N2/c1-3-5-6-7-8-22-11-15-24(16-12-22)26-18-17-25(27(19-29)28(26)20-30)23-13-9-21(4-2)10-14-23/h9-10,13-14,17-18,22,24H,3-8,11-12,15-16H2,1-2H3. The third-order valence-electron chi connectivity index (χ3n) is 6.89. The van der Waals surface area contributed by atoms with Crippen molar-refractivity contribution in [3.63, 3.8) is 0 Å². The van der Waals surface area contributed by atoms with Crippen LogP contribution in [-0.2, 0) is 6.42 Å². The highest BCUT2D eigenvalue weighted by Gasteiger charge is 2.26. The first-order valence-electron chi connectivity index (χ1n) is 11.8. The van der Waals surface area contributed by atoms with Crippen molar-refractivity contribution in [2.75, 3.05) is 0 Å². The van der Waals surface area contributed by atoms with Gasteiger partial charge in [-0.1, -0.05) is 82.3 Å². The van der Waals surface area contributed by atoms with E-state index < -0.39 is 0 Å². The van der Waals surface area contributed by atoms with E-state index in [4.69, 9.17) is 0 Å². The zero-order valence-corrected chi connectivity index (χ0v) is 18.6. The van der Waals surface area contributed by atoms with Gasteiger partial charge in [-0.3, -0.25) is 0 Å². The van der Waals surface area contributed by atoms with E-state index in [1.807, 2.05) is 0 Å². The van der Waals surface area contributed by atoms with Gasteiger partial charge in [0.15, 0.2) is 0 Å². The molecule has 1 aliphatic carbocycles. The normalized spacial score (nSPS) is 18.5. The van der Waals surface area contributed by atoms with Gasteiger partial charge in [0.1, 0.15) is 12.1 Å². The molecule has 2 heteroatoms. The van der Waals surface area contributed by atoms with Crippen molar-refractivity contribution in [1.82, 2.24) is 0 Å². The van der Waals surface area contributed by atoms with Crippen LogP contribution in [0.4, 0.5) is 0 Å². The first-order valence-corrected chi connectivity index (χ1v) is 11.8. The molecule has 0 aromatic heterocycles. The van der Waals surface area contributed by atoms with Crippen molar-refractivity contribution >= 4 is 0 Å². The molecule has 2 aromatic rings. The second-order valence-electron chi connectivity index (χ2n) is 8.79. The summed E-state index contributed by atoms with van der Waals surface area (Å²) in [4.78, 5) is 0. The van der Waals surface area contributed by atoms with Crippen molar-refractivity contribution in [2.24, 2.45) is 5.92 Å². The van der Waals surface area contributed by atoms with E-state index in [0.717, 1.165) is 41.9 Å². The fourth-order valence-electron chi connectivity index (χ4n) is 4.98. The predicted octanol–water partition coefficient (Wildman–Crippen LogP) is 7.90. The van der Waals surface area contributed by atoms with Crippen molar-refractivity contribution in [3.8, 4) is 23.3 Å². The highest BCUT2D eigenvalue weighted by atomic mass is 14.3. The molecular weight excluding hydrogens is 364 g/mol. The van der Waals surface area contributed by atoms with Gasteiger partial charge in [-0.05, 0) is 60.6 Å². The Bertz CT molecular complexity index is 903. The van der Waals surface area contributed by atoms with Crippen LogP contribution in [0.1, 0.15) is 99.8 Å². The van der Waals surface area contributed by atoms with Gasteiger partial charge in [-0.2, -0.15) is 10.5 Å². The van der Waals surface area contributed by atoms with Crippen LogP contribution in [0.5, 0.6) is 0 Å². The van der Waals surface area contributed by atoms with Crippen LogP contribution < -0.4 is 0 Å². The summed E-state index contributed by atoms with van der Waals surface area (Å²) >= 11 is 0. The molecule has 30 heavy (non-hydrogen) atoms. The summed E-state index contributed by atoms with van der Waals surface area (Å²) in [6.07, 6.45) is 12.5. The van der Waals surface area contributed by atoms with Gasteiger partial charge in [-0.25, -0.2) is 0 Å². The largest absolute Gasteiger partial charge is 0.192 e. The summed E-state index contributed by atoms with van der Waals surface area (Å²) in [6, 6.07) is 17.3. The predicted molar refractivity (Wildman–Crippen MR) is 124 cm³/mol. The number of hydrogen-bond acceptors (Lipinski definition) is 2. The molecule has 0 unspecified atom stereocenters. The summed E-state index contributed by atoms with van der Waals surface area (Å²) in [5.41, 5.74) is 5.41. The van der Waals surface area contributed by atoms with E-state index in [1.165, 1.54) is 50.5 Å². The van der Waals surface area contributed by atoms with Crippen LogP contribution in [0, 0.1) is 28.6 Å². The van der Waals surface area contributed by atoms with Gasteiger partial charge in [0.05, 0.1) is 11.1 Å². The Morgan fingerprint density at radius 1 is 0.800 bits per heavy atom. The smallest absolute Gasteiger partial charge is 0.101 e. The number of aryl methyl sites for hydroxylation is 1. The highest BCUT2D eigenvalue weighted by Crippen LogP contribution is 2.41. The van der Waals surface area contributed by atoms with Gasteiger partial charge < -0.3 is 0 Å². The third-order valence-corrected chi connectivity index (χ3v) is 6.89. The minimum Gasteiger partial charge on any atom is -0.192 e. The van der Waals surface area contributed by atoms with Crippen molar-refractivity contribution in [3.05, 3.63) is 58.7 Å². The monoisotopic (exact) mass is 398 g/mol. The summed E-state index contributed by atoms with van der Waals surface area (Å²) in [5.74, 6) is 1.26. The number of nitrogens with zero attached hydrogens (tertiary/aromatic N) is 2. The van der Waals surface area contributed by atoms with Crippen LogP contribution in [0.15, 0.2) is 36.4 Å².